The monoisotopic (exact) mass is 308 g/mol. The molecule has 0 saturated carbocycles. The Balaban J connectivity index is 3.20. The van der Waals surface area contributed by atoms with Crippen LogP contribution in [0.25, 0.3) is 0 Å². The standard InChI is InChI=1S/C13H25O6P/c1-12(2)13(14)18-10-8-6-4-3-5-7-9-11-19-20(15,16)17/h1,3-11H2,2H3,(H2,15,16,17). The Kier molecular flexibility index (Phi) is 10.7. The van der Waals surface area contributed by atoms with E-state index < -0.39 is 7.82 Å². The van der Waals surface area contributed by atoms with Gasteiger partial charge in [0.15, 0.2) is 0 Å². The van der Waals surface area contributed by atoms with Crippen LogP contribution in [0.2, 0.25) is 0 Å². The summed E-state index contributed by atoms with van der Waals surface area (Å²) in [5.41, 5.74) is 0.419. The lowest BCUT2D eigenvalue weighted by molar-refractivity contribution is -0.139. The minimum atomic E-state index is -4.30. The fourth-order valence-corrected chi connectivity index (χ4v) is 1.93. The highest BCUT2D eigenvalue weighted by atomic mass is 31.2. The summed E-state index contributed by atoms with van der Waals surface area (Å²) in [6.07, 6.45) is 6.53. The average molecular weight is 308 g/mol. The Morgan fingerprint density at radius 1 is 1.00 bits per heavy atom. The molecule has 0 aromatic heterocycles. The van der Waals surface area contributed by atoms with Crippen LogP contribution in [0.15, 0.2) is 12.2 Å². The molecule has 20 heavy (non-hydrogen) atoms. The molecule has 0 radical (unpaired) electrons. The van der Waals surface area contributed by atoms with Crippen LogP contribution in [-0.2, 0) is 18.6 Å². The van der Waals surface area contributed by atoms with Gasteiger partial charge >= 0.3 is 13.8 Å². The van der Waals surface area contributed by atoms with Gasteiger partial charge in [-0.05, 0) is 19.8 Å². The summed E-state index contributed by atoms with van der Waals surface area (Å²) in [5, 5.41) is 0. The van der Waals surface area contributed by atoms with Crippen LogP contribution in [0.4, 0.5) is 0 Å². The molecular formula is C13H25O6P. The van der Waals surface area contributed by atoms with Crippen molar-refractivity contribution < 1.29 is 28.4 Å². The van der Waals surface area contributed by atoms with Crippen LogP contribution in [0.3, 0.4) is 0 Å². The average Bonchev–Trinajstić information content (AvgIpc) is 2.34. The Labute approximate surface area is 120 Å². The Morgan fingerprint density at radius 3 is 1.90 bits per heavy atom. The van der Waals surface area contributed by atoms with E-state index >= 15 is 0 Å². The molecule has 0 aliphatic carbocycles. The van der Waals surface area contributed by atoms with Gasteiger partial charge in [-0.2, -0.15) is 0 Å². The number of carbonyl (C=O) groups is 1. The number of hydrogen-bond donors (Lipinski definition) is 2. The van der Waals surface area contributed by atoms with Crippen LogP contribution in [0, 0.1) is 0 Å². The molecule has 0 unspecified atom stereocenters. The summed E-state index contributed by atoms with van der Waals surface area (Å²) in [6.45, 7) is 5.65. The maximum atomic E-state index is 11.1. The molecule has 0 atom stereocenters. The quantitative estimate of drug-likeness (QED) is 0.249. The molecule has 6 nitrogen and oxygen atoms in total. The zero-order valence-electron chi connectivity index (χ0n) is 12.0. The second-order valence-corrected chi connectivity index (χ2v) is 5.95. The van der Waals surface area contributed by atoms with Crippen molar-refractivity contribution in [2.45, 2.75) is 51.9 Å². The number of phosphoric ester groups is 1. The van der Waals surface area contributed by atoms with Gasteiger partial charge in [-0.1, -0.05) is 38.7 Å². The summed E-state index contributed by atoms with van der Waals surface area (Å²) < 4.78 is 19.7. The smallest absolute Gasteiger partial charge is 0.462 e. The van der Waals surface area contributed by atoms with Gasteiger partial charge in [-0.25, -0.2) is 9.36 Å². The molecule has 0 aliphatic heterocycles. The largest absolute Gasteiger partial charge is 0.469 e. The van der Waals surface area contributed by atoms with E-state index in [1.807, 2.05) is 0 Å². The second kappa shape index (κ2) is 11.0. The molecule has 0 aromatic rings. The third kappa shape index (κ3) is 13.7. The van der Waals surface area contributed by atoms with Crippen molar-refractivity contribution >= 4 is 13.8 Å². The molecule has 0 bridgehead atoms. The minimum absolute atomic E-state index is 0.0983. The van der Waals surface area contributed by atoms with Gasteiger partial charge in [0, 0.05) is 5.57 Å². The lowest BCUT2D eigenvalue weighted by atomic mass is 10.1. The number of rotatable bonds is 12. The highest BCUT2D eigenvalue weighted by molar-refractivity contribution is 7.46. The molecule has 0 saturated heterocycles. The van der Waals surface area contributed by atoms with E-state index in [9.17, 15) is 9.36 Å². The first-order valence-corrected chi connectivity index (χ1v) is 8.38. The van der Waals surface area contributed by atoms with E-state index in [-0.39, 0.29) is 12.6 Å². The summed E-state index contributed by atoms with van der Waals surface area (Å²) in [7, 11) is -4.30. The van der Waals surface area contributed by atoms with Gasteiger partial charge < -0.3 is 14.5 Å². The summed E-state index contributed by atoms with van der Waals surface area (Å²) >= 11 is 0. The summed E-state index contributed by atoms with van der Waals surface area (Å²) in [4.78, 5) is 28.0. The highest BCUT2D eigenvalue weighted by Gasteiger charge is 2.12. The van der Waals surface area contributed by atoms with Crippen LogP contribution in [0.5, 0.6) is 0 Å². The number of phosphoric acid groups is 1. The van der Waals surface area contributed by atoms with E-state index in [2.05, 4.69) is 11.1 Å². The number of carbonyl (C=O) groups excluding carboxylic acids is 1. The lowest BCUT2D eigenvalue weighted by Gasteiger charge is -2.05. The maximum Gasteiger partial charge on any atom is 0.469 e. The summed E-state index contributed by atoms with van der Waals surface area (Å²) in [5.74, 6) is -0.338. The first-order chi connectivity index (χ1) is 9.33. The Morgan fingerprint density at radius 2 is 1.45 bits per heavy atom. The molecule has 7 heteroatoms. The molecule has 118 valence electrons. The van der Waals surface area contributed by atoms with Crippen molar-refractivity contribution in [1.29, 1.82) is 0 Å². The van der Waals surface area contributed by atoms with Crippen LogP contribution in [0.1, 0.15) is 51.9 Å². The Hall–Kier alpha value is -0.680. The van der Waals surface area contributed by atoms with E-state index in [0.717, 1.165) is 38.5 Å². The van der Waals surface area contributed by atoms with E-state index in [4.69, 9.17) is 14.5 Å². The van der Waals surface area contributed by atoms with Gasteiger partial charge in [0.25, 0.3) is 0 Å². The van der Waals surface area contributed by atoms with Gasteiger partial charge in [0.2, 0.25) is 0 Å². The topological polar surface area (TPSA) is 93.1 Å². The number of ether oxygens (including phenoxy) is 1. The molecule has 0 aromatic carbocycles. The Bertz CT molecular complexity index is 336. The van der Waals surface area contributed by atoms with Crippen molar-refractivity contribution in [1.82, 2.24) is 0 Å². The fraction of sp³-hybridized carbons (Fsp3) is 0.769. The molecular weight excluding hydrogens is 283 g/mol. The first kappa shape index (κ1) is 19.3. The van der Waals surface area contributed by atoms with Crippen molar-refractivity contribution in [2.24, 2.45) is 0 Å². The van der Waals surface area contributed by atoms with E-state index in [1.165, 1.54) is 0 Å². The maximum absolute atomic E-state index is 11.1. The van der Waals surface area contributed by atoms with Crippen molar-refractivity contribution in [3.63, 3.8) is 0 Å². The molecule has 2 N–H and O–H groups in total. The van der Waals surface area contributed by atoms with Gasteiger partial charge in [-0.15, -0.1) is 0 Å². The van der Waals surface area contributed by atoms with Crippen LogP contribution < -0.4 is 0 Å². The third-order valence-electron chi connectivity index (χ3n) is 2.63. The van der Waals surface area contributed by atoms with Gasteiger partial charge in [0.1, 0.15) is 0 Å². The number of esters is 1. The first-order valence-electron chi connectivity index (χ1n) is 6.85. The van der Waals surface area contributed by atoms with E-state index in [0.29, 0.717) is 18.6 Å². The zero-order valence-corrected chi connectivity index (χ0v) is 12.9. The number of unbranched alkanes of at least 4 members (excludes halogenated alkanes) is 6. The highest BCUT2D eigenvalue weighted by Crippen LogP contribution is 2.35. The number of hydrogen-bond acceptors (Lipinski definition) is 4. The van der Waals surface area contributed by atoms with Crippen LogP contribution >= 0.6 is 7.82 Å². The molecule has 0 amide bonds. The normalized spacial score (nSPS) is 11.3. The molecule has 0 rings (SSSR count). The summed E-state index contributed by atoms with van der Waals surface area (Å²) in [6, 6.07) is 0. The van der Waals surface area contributed by atoms with Crippen molar-refractivity contribution in [3.8, 4) is 0 Å². The fourth-order valence-electron chi connectivity index (χ4n) is 1.56. The van der Waals surface area contributed by atoms with E-state index in [1.54, 1.807) is 6.92 Å². The SMILES string of the molecule is C=C(C)C(=O)OCCCCCCCCCOP(=O)(O)O. The van der Waals surface area contributed by atoms with Crippen molar-refractivity contribution in [3.05, 3.63) is 12.2 Å². The molecule has 0 heterocycles. The van der Waals surface area contributed by atoms with Crippen molar-refractivity contribution in [2.75, 3.05) is 13.2 Å². The predicted molar refractivity (Wildman–Crippen MR) is 76.1 cm³/mol. The third-order valence-corrected chi connectivity index (χ3v) is 3.15. The van der Waals surface area contributed by atoms with Gasteiger partial charge in [-0.3, -0.25) is 4.52 Å². The molecule has 0 aliphatic rings. The second-order valence-electron chi connectivity index (χ2n) is 4.71. The zero-order chi connectivity index (χ0) is 15.4. The molecule has 0 fully saturated rings. The van der Waals surface area contributed by atoms with Gasteiger partial charge in [0.05, 0.1) is 13.2 Å². The minimum Gasteiger partial charge on any atom is -0.462 e. The van der Waals surface area contributed by atoms with Crippen LogP contribution in [-0.4, -0.2) is 29.0 Å². The molecule has 0 spiro atoms. The lowest BCUT2D eigenvalue weighted by Crippen LogP contribution is -2.05. The predicted octanol–water partition coefficient (Wildman–Crippen LogP) is 2.95.